The van der Waals surface area contributed by atoms with E-state index in [4.69, 9.17) is 0 Å². The molecule has 0 spiro atoms. The first-order chi connectivity index (χ1) is 8.72. The molecule has 100 valence electrons. The van der Waals surface area contributed by atoms with E-state index in [1.54, 1.807) is 0 Å². The Labute approximate surface area is 119 Å². The summed E-state index contributed by atoms with van der Waals surface area (Å²) in [6.07, 6.45) is 2.62. The third kappa shape index (κ3) is 3.34. The Hall–Kier alpha value is -0.380. The zero-order valence-corrected chi connectivity index (χ0v) is 12.9. The summed E-state index contributed by atoms with van der Waals surface area (Å²) in [5.41, 5.74) is 1.46. The van der Waals surface area contributed by atoms with E-state index in [1.165, 1.54) is 36.0 Å². The van der Waals surface area contributed by atoms with Gasteiger partial charge in [0.05, 0.1) is 0 Å². The highest BCUT2D eigenvalue weighted by Gasteiger charge is 2.27. The molecular weight excluding hydrogens is 288 g/mol. The largest absolute Gasteiger partial charge is 0.319 e. The van der Waals surface area contributed by atoms with Crippen LogP contribution in [0.2, 0.25) is 0 Å². The number of hydrogen-bond acceptors (Lipinski definition) is 2. The van der Waals surface area contributed by atoms with Gasteiger partial charge >= 0.3 is 0 Å². The molecule has 1 aromatic carbocycles. The standard InChI is InChI=1S/C15H23BrN2/c1-17-11-14(12-7-9-18(2)10-8-12)13-5-3-4-6-15(13)16/h3-6,12,14,17H,7-11H2,1-2H3. The van der Waals surface area contributed by atoms with Crippen LogP contribution < -0.4 is 5.32 Å². The fraction of sp³-hybridized carbons (Fsp3) is 0.600. The number of likely N-dealkylation sites (N-methyl/N-ethyl adjacent to an activating group) is 1. The molecule has 0 amide bonds. The van der Waals surface area contributed by atoms with Gasteiger partial charge in [0.2, 0.25) is 0 Å². The molecule has 0 aliphatic carbocycles. The van der Waals surface area contributed by atoms with Gasteiger partial charge in [-0.25, -0.2) is 0 Å². The second kappa shape index (κ2) is 6.69. The average Bonchev–Trinajstić information content (AvgIpc) is 2.38. The molecule has 1 atom stereocenters. The molecule has 1 aromatic rings. The first kappa shape index (κ1) is 14.0. The van der Waals surface area contributed by atoms with Gasteiger partial charge in [-0.15, -0.1) is 0 Å². The van der Waals surface area contributed by atoms with E-state index in [1.807, 2.05) is 0 Å². The summed E-state index contributed by atoms with van der Waals surface area (Å²) in [6.45, 7) is 3.53. The van der Waals surface area contributed by atoms with Gasteiger partial charge in [-0.2, -0.15) is 0 Å². The minimum atomic E-state index is 0.624. The number of nitrogens with zero attached hydrogens (tertiary/aromatic N) is 1. The topological polar surface area (TPSA) is 15.3 Å². The van der Waals surface area contributed by atoms with Crippen molar-refractivity contribution in [1.29, 1.82) is 0 Å². The van der Waals surface area contributed by atoms with Crippen molar-refractivity contribution < 1.29 is 0 Å². The average molecular weight is 311 g/mol. The van der Waals surface area contributed by atoms with Crippen molar-refractivity contribution in [3.63, 3.8) is 0 Å². The van der Waals surface area contributed by atoms with E-state index in [2.05, 4.69) is 64.5 Å². The van der Waals surface area contributed by atoms with Crippen LogP contribution in [0.4, 0.5) is 0 Å². The monoisotopic (exact) mass is 310 g/mol. The van der Waals surface area contributed by atoms with Crippen LogP contribution in [0.15, 0.2) is 28.7 Å². The molecule has 0 radical (unpaired) electrons. The summed E-state index contributed by atoms with van der Waals surface area (Å²) in [5.74, 6) is 1.42. The van der Waals surface area contributed by atoms with E-state index in [0.29, 0.717) is 5.92 Å². The molecule has 1 aliphatic rings. The van der Waals surface area contributed by atoms with Gasteiger partial charge in [0.15, 0.2) is 0 Å². The van der Waals surface area contributed by atoms with Gasteiger partial charge in [-0.3, -0.25) is 0 Å². The quantitative estimate of drug-likeness (QED) is 0.919. The van der Waals surface area contributed by atoms with Crippen LogP contribution in [0.5, 0.6) is 0 Å². The predicted molar refractivity (Wildman–Crippen MR) is 81.0 cm³/mol. The molecule has 0 saturated carbocycles. The molecule has 3 heteroatoms. The fourth-order valence-electron chi connectivity index (χ4n) is 2.96. The molecule has 1 saturated heterocycles. The van der Waals surface area contributed by atoms with Crippen LogP contribution >= 0.6 is 15.9 Å². The van der Waals surface area contributed by atoms with Crippen molar-refractivity contribution in [2.75, 3.05) is 33.7 Å². The molecule has 1 unspecified atom stereocenters. The van der Waals surface area contributed by atoms with Gasteiger partial charge in [0, 0.05) is 16.9 Å². The van der Waals surface area contributed by atoms with E-state index in [0.717, 1.165) is 12.5 Å². The highest BCUT2D eigenvalue weighted by atomic mass is 79.9. The van der Waals surface area contributed by atoms with Crippen molar-refractivity contribution in [3.05, 3.63) is 34.3 Å². The highest BCUT2D eigenvalue weighted by Crippen LogP contribution is 2.35. The van der Waals surface area contributed by atoms with Gasteiger partial charge < -0.3 is 10.2 Å². The van der Waals surface area contributed by atoms with E-state index >= 15 is 0 Å². The SMILES string of the molecule is CNCC(c1ccccc1Br)C1CCN(C)CC1. The molecule has 1 fully saturated rings. The van der Waals surface area contributed by atoms with Gasteiger partial charge in [-0.05, 0) is 57.6 Å². The summed E-state index contributed by atoms with van der Waals surface area (Å²) in [5, 5.41) is 3.37. The molecule has 1 heterocycles. The number of hydrogen-bond donors (Lipinski definition) is 1. The van der Waals surface area contributed by atoms with Crippen LogP contribution in [0.25, 0.3) is 0 Å². The summed E-state index contributed by atoms with van der Waals surface area (Å²) in [6, 6.07) is 8.67. The van der Waals surface area contributed by atoms with E-state index in [9.17, 15) is 0 Å². The smallest absolute Gasteiger partial charge is 0.0210 e. The van der Waals surface area contributed by atoms with Crippen molar-refractivity contribution in [2.45, 2.75) is 18.8 Å². The van der Waals surface area contributed by atoms with Crippen molar-refractivity contribution in [1.82, 2.24) is 10.2 Å². The highest BCUT2D eigenvalue weighted by molar-refractivity contribution is 9.10. The maximum absolute atomic E-state index is 3.71. The lowest BCUT2D eigenvalue weighted by atomic mass is 9.80. The Morgan fingerprint density at radius 3 is 2.61 bits per heavy atom. The van der Waals surface area contributed by atoms with Crippen LogP contribution in [0.1, 0.15) is 24.3 Å². The lowest BCUT2D eigenvalue weighted by Gasteiger charge is -2.35. The van der Waals surface area contributed by atoms with Crippen molar-refractivity contribution in [3.8, 4) is 0 Å². The first-order valence-electron chi connectivity index (χ1n) is 6.80. The minimum absolute atomic E-state index is 0.624. The Morgan fingerprint density at radius 1 is 1.33 bits per heavy atom. The van der Waals surface area contributed by atoms with Gasteiger partial charge in [-0.1, -0.05) is 34.1 Å². The second-order valence-electron chi connectivity index (χ2n) is 5.33. The molecule has 1 aliphatic heterocycles. The Bertz CT molecular complexity index is 373. The number of halogens is 1. The molecule has 18 heavy (non-hydrogen) atoms. The van der Waals surface area contributed by atoms with E-state index in [-0.39, 0.29) is 0 Å². The number of rotatable bonds is 4. The predicted octanol–water partition coefficient (Wildman–Crippen LogP) is 3.09. The number of nitrogens with one attached hydrogen (secondary N) is 1. The summed E-state index contributed by atoms with van der Waals surface area (Å²) < 4.78 is 1.25. The van der Waals surface area contributed by atoms with Crippen molar-refractivity contribution >= 4 is 15.9 Å². The third-order valence-corrected chi connectivity index (χ3v) is 4.78. The second-order valence-corrected chi connectivity index (χ2v) is 6.18. The minimum Gasteiger partial charge on any atom is -0.319 e. The normalized spacial score (nSPS) is 19.9. The Balaban J connectivity index is 2.15. The maximum atomic E-state index is 3.71. The molecule has 0 aromatic heterocycles. The zero-order chi connectivity index (χ0) is 13.0. The van der Waals surface area contributed by atoms with Gasteiger partial charge in [0.25, 0.3) is 0 Å². The summed E-state index contributed by atoms with van der Waals surface area (Å²) in [7, 11) is 4.28. The lowest BCUT2D eigenvalue weighted by Crippen LogP contribution is -2.35. The number of likely N-dealkylation sites (tertiary alicyclic amines) is 1. The summed E-state index contributed by atoms with van der Waals surface area (Å²) in [4.78, 5) is 2.44. The van der Waals surface area contributed by atoms with Crippen LogP contribution in [-0.2, 0) is 0 Å². The Morgan fingerprint density at radius 2 is 2.00 bits per heavy atom. The van der Waals surface area contributed by atoms with E-state index < -0.39 is 0 Å². The Kier molecular flexibility index (Phi) is 5.22. The molecular formula is C15H23BrN2. The van der Waals surface area contributed by atoms with Crippen molar-refractivity contribution in [2.24, 2.45) is 5.92 Å². The molecule has 1 N–H and O–H groups in total. The number of benzene rings is 1. The fourth-order valence-corrected chi connectivity index (χ4v) is 3.54. The third-order valence-electron chi connectivity index (χ3n) is 4.06. The molecule has 2 nitrogen and oxygen atoms in total. The maximum Gasteiger partial charge on any atom is 0.0210 e. The zero-order valence-electron chi connectivity index (χ0n) is 11.3. The molecule has 2 rings (SSSR count). The number of piperidine rings is 1. The van der Waals surface area contributed by atoms with Crippen LogP contribution in [0.3, 0.4) is 0 Å². The molecule has 0 bridgehead atoms. The lowest BCUT2D eigenvalue weighted by molar-refractivity contribution is 0.196. The van der Waals surface area contributed by atoms with Gasteiger partial charge in [0.1, 0.15) is 0 Å². The first-order valence-corrected chi connectivity index (χ1v) is 7.59. The van der Waals surface area contributed by atoms with Crippen LogP contribution in [0, 0.1) is 5.92 Å². The van der Waals surface area contributed by atoms with Crippen LogP contribution in [-0.4, -0.2) is 38.6 Å². The summed E-state index contributed by atoms with van der Waals surface area (Å²) >= 11 is 3.71.